The molecule has 0 bridgehead atoms. The Hall–Kier alpha value is -3.14. The van der Waals surface area contributed by atoms with E-state index < -0.39 is 11.7 Å². The minimum Gasteiger partial charge on any atom is -0.256 e. The van der Waals surface area contributed by atoms with Crippen molar-refractivity contribution in [2.24, 2.45) is 0 Å². The summed E-state index contributed by atoms with van der Waals surface area (Å²) >= 11 is 0. The van der Waals surface area contributed by atoms with Crippen LogP contribution >= 0.6 is 0 Å². The number of rotatable bonds is 2. The average Bonchev–Trinajstić information content (AvgIpc) is 2.67. The fourth-order valence-electron chi connectivity index (χ4n) is 3.13. The topological polar surface area (TPSA) is 12.9 Å². The third kappa shape index (κ3) is 2.94. The second-order valence-electron chi connectivity index (χ2n) is 6.00. The SMILES string of the molecule is FC(F)(F)c1cccc2c(-c3ccc(-c4ccccc4)cc3)ccnc12. The van der Waals surface area contributed by atoms with Gasteiger partial charge >= 0.3 is 6.18 Å². The normalized spacial score (nSPS) is 11.7. The van der Waals surface area contributed by atoms with Crippen molar-refractivity contribution in [2.75, 3.05) is 0 Å². The minimum absolute atomic E-state index is 0.0235. The van der Waals surface area contributed by atoms with E-state index in [4.69, 9.17) is 0 Å². The summed E-state index contributed by atoms with van der Waals surface area (Å²) in [6.45, 7) is 0. The van der Waals surface area contributed by atoms with Gasteiger partial charge < -0.3 is 0 Å². The molecule has 4 heteroatoms. The average molecular weight is 349 g/mol. The number of pyridine rings is 1. The highest BCUT2D eigenvalue weighted by molar-refractivity contribution is 5.96. The summed E-state index contributed by atoms with van der Waals surface area (Å²) in [4.78, 5) is 3.98. The molecule has 4 aromatic rings. The molecule has 0 aliphatic carbocycles. The Morgan fingerprint density at radius 1 is 0.615 bits per heavy atom. The zero-order chi connectivity index (χ0) is 18.1. The van der Waals surface area contributed by atoms with Crippen LogP contribution in [0.2, 0.25) is 0 Å². The molecule has 0 fully saturated rings. The quantitative estimate of drug-likeness (QED) is 0.398. The Kier molecular flexibility index (Phi) is 3.96. The molecule has 1 heterocycles. The van der Waals surface area contributed by atoms with Gasteiger partial charge in [0.25, 0.3) is 0 Å². The van der Waals surface area contributed by atoms with Gasteiger partial charge in [-0.2, -0.15) is 13.2 Å². The molecular weight excluding hydrogens is 335 g/mol. The molecular formula is C22H14F3N. The van der Waals surface area contributed by atoms with E-state index in [2.05, 4.69) is 4.98 Å². The van der Waals surface area contributed by atoms with E-state index in [1.807, 2.05) is 54.6 Å². The number of para-hydroxylation sites is 1. The van der Waals surface area contributed by atoms with Gasteiger partial charge in [-0.15, -0.1) is 0 Å². The lowest BCUT2D eigenvalue weighted by atomic mass is 9.97. The van der Waals surface area contributed by atoms with E-state index in [0.29, 0.717) is 5.39 Å². The standard InChI is InChI=1S/C22H14F3N/c23-22(24,25)20-8-4-7-19-18(13-14-26-21(19)20)17-11-9-16(10-12-17)15-5-2-1-3-6-15/h1-14H. The first-order valence-electron chi connectivity index (χ1n) is 8.15. The van der Waals surface area contributed by atoms with Gasteiger partial charge in [0.2, 0.25) is 0 Å². The number of halogens is 3. The molecule has 1 nitrogen and oxygen atoms in total. The lowest BCUT2D eigenvalue weighted by molar-refractivity contribution is -0.136. The van der Waals surface area contributed by atoms with Crippen LogP contribution in [0.1, 0.15) is 5.56 Å². The van der Waals surface area contributed by atoms with E-state index >= 15 is 0 Å². The Labute approximate surface area is 148 Å². The van der Waals surface area contributed by atoms with Crippen molar-refractivity contribution in [2.45, 2.75) is 6.18 Å². The molecule has 0 radical (unpaired) electrons. The van der Waals surface area contributed by atoms with Gasteiger partial charge in [0.05, 0.1) is 11.1 Å². The summed E-state index contributed by atoms with van der Waals surface area (Å²) in [5, 5.41) is 0.495. The monoisotopic (exact) mass is 349 g/mol. The van der Waals surface area contributed by atoms with Crippen LogP contribution in [0.15, 0.2) is 85.1 Å². The maximum atomic E-state index is 13.3. The van der Waals surface area contributed by atoms with Crippen molar-refractivity contribution in [1.82, 2.24) is 4.98 Å². The second-order valence-corrected chi connectivity index (χ2v) is 6.00. The van der Waals surface area contributed by atoms with E-state index in [1.165, 1.54) is 12.3 Å². The van der Waals surface area contributed by atoms with E-state index in [9.17, 15) is 13.2 Å². The van der Waals surface area contributed by atoms with E-state index in [0.717, 1.165) is 28.3 Å². The van der Waals surface area contributed by atoms with E-state index in [1.54, 1.807) is 12.1 Å². The number of hydrogen-bond acceptors (Lipinski definition) is 1. The summed E-state index contributed by atoms with van der Waals surface area (Å²) in [6.07, 6.45) is -3.00. The predicted molar refractivity (Wildman–Crippen MR) is 97.6 cm³/mol. The van der Waals surface area contributed by atoms with Crippen LogP contribution in [0.25, 0.3) is 33.2 Å². The number of fused-ring (bicyclic) bond motifs is 1. The molecule has 26 heavy (non-hydrogen) atoms. The molecule has 0 spiro atoms. The second kappa shape index (κ2) is 6.30. The molecule has 3 aromatic carbocycles. The molecule has 0 aliphatic rings. The zero-order valence-electron chi connectivity index (χ0n) is 13.7. The smallest absolute Gasteiger partial charge is 0.256 e. The van der Waals surface area contributed by atoms with Crippen molar-refractivity contribution in [3.05, 3.63) is 90.6 Å². The first kappa shape index (κ1) is 16.3. The highest BCUT2D eigenvalue weighted by Gasteiger charge is 2.33. The van der Waals surface area contributed by atoms with Crippen LogP contribution < -0.4 is 0 Å². The summed E-state index contributed by atoms with van der Waals surface area (Å²) in [5.74, 6) is 0. The Morgan fingerprint density at radius 2 is 1.27 bits per heavy atom. The number of nitrogens with zero attached hydrogens (tertiary/aromatic N) is 1. The van der Waals surface area contributed by atoms with Gasteiger partial charge in [-0.25, -0.2) is 0 Å². The highest BCUT2D eigenvalue weighted by Crippen LogP contribution is 2.37. The molecule has 0 saturated heterocycles. The summed E-state index contributed by atoms with van der Waals surface area (Å²) in [6, 6.07) is 23.7. The van der Waals surface area contributed by atoms with Gasteiger partial charge in [0.15, 0.2) is 0 Å². The molecule has 128 valence electrons. The Morgan fingerprint density at radius 3 is 1.96 bits per heavy atom. The van der Waals surface area contributed by atoms with Crippen LogP contribution in [0.4, 0.5) is 13.2 Å². The number of aromatic nitrogens is 1. The van der Waals surface area contributed by atoms with Crippen molar-refractivity contribution in [3.8, 4) is 22.3 Å². The largest absolute Gasteiger partial charge is 0.418 e. The summed E-state index contributed by atoms with van der Waals surface area (Å²) in [7, 11) is 0. The van der Waals surface area contributed by atoms with Gasteiger partial charge in [-0.05, 0) is 34.4 Å². The molecule has 0 N–H and O–H groups in total. The van der Waals surface area contributed by atoms with Crippen molar-refractivity contribution >= 4 is 10.9 Å². The zero-order valence-corrected chi connectivity index (χ0v) is 13.7. The maximum Gasteiger partial charge on any atom is 0.418 e. The van der Waals surface area contributed by atoms with Crippen LogP contribution in [-0.4, -0.2) is 4.98 Å². The molecule has 0 unspecified atom stereocenters. The lowest BCUT2D eigenvalue weighted by Crippen LogP contribution is -2.06. The summed E-state index contributed by atoms with van der Waals surface area (Å²) < 4.78 is 39.8. The fourth-order valence-corrected chi connectivity index (χ4v) is 3.13. The van der Waals surface area contributed by atoms with Gasteiger partial charge in [0, 0.05) is 11.6 Å². The summed E-state index contributed by atoms with van der Waals surface area (Å²) in [5.41, 5.74) is 3.01. The molecule has 0 atom stereocenters. The predicted octanol–water partition coefficient (Wildman–Crippen LogP) is 6.59. The van der Waals surface area contributed by atoms with Gasteiger partial charge in [-0.1, -0.05) is 66.7 Å². The van der Waals surface area contributed by atoms with Crippen LogP contribution in [-0.2, 0) is 6.18 Å². The first-order chi connectivity index (χ1) is 12.5. The Bertz CT molecular complexity index is 1050. The van der Waals surface area contributed by atoms with Crippen LogP contribution in [0, 0.1) is 0 Å². The molecule has 0 amide bonds. The van der Waals surface area contributed by atoms with E-state index in [-0.39, 0.29) is 5.52 Å². The van der Waals surface area contributed by atoms with Crippen LogP contribution in [0.3, 0.4) is 0 Å². The number of hydrogen-bond donors (Lipinski definition) is 0. The fraction of sp³-hybridized carbons (Fsp3) is 0.0455. The highest BCUT2D eigenvalue weighted by atomic mass is 19.4. The minimum atomic E-state index is -4.43. The Balaban J connectivity index is 1.83. The van der Waals surface area contributed by atoms with Gasteiger partial charge in [0.1, 0.15) is 0 Å². The third-order valence-corrected chi connectivity index (χ3v) is 4.38. The van der Waals surface area contributed by atoms with Crippen LogP contribution in [0.5, 0.6) is 0 Å². The lowest BCUT2D eigenvalue weighted by Gasteiger charge is -2.12. The molecule has 1 aromatic heterocycles. The van der Waals surface area contributed by atoms with Crippen molar-refractivity contribution in [1.29, 1.82) is 0 Å². The van der Waals surface area contributed by atoms with Crippen molar-refractivity contribution in [3.63, 3.8) is 0 Å². The molecule has 0 saturated carbocycles. The maximum absolute atomic E-state index is 13.3. The van der Waals surface area contributed by atoms with Gasteiger partial charge in [-0.3, -0.25) is 4.98 Å². The number of benzene rings is 3. The third-order valence-electron chi connectivity index (χ3n) is 4.38. The van der Waals surface area contributed by atoms with Crippen molar-refractivity contribution < 1.29 is 13.2 Å². The molecule has 0 aliphatic heterocycles. The molecule has 4 rings (SSSR count). The number of alkyl halides is 3. The first-order valence-corrected chi connectivity index (χ1v) is 8.15.